The number of hydrogen-bond acceptors (Lipinski definition) is 10. The van der Waals surface area contributed by atoms with Gasteiger partial charge in [-0.05, 0) is 204 Å². The third-order valence-electron chi connectivity index (χ3n) is 23.0. The van der Waals surface area contributed by atoms with E-state index in [1.807, 2.05) is 110 Å². The number of halogens is 1. The molecular formula is C110H80BBrN8O2. The van der Waals surface area contributed by atoms with Crippen molar-refractivity contribution in [3.8, 4) is 146 Å². The van der Waals surface area contributed by atoms with E-state index in [9.17, 15) is 0 Å². The molecule has 4 aromatic heterocycles. The van der Waals surface area contributed by atoms with Gasteiger partial charge in [-0.2, -0.15) is 0 Å². The van der Waals surface area contributed by atoms with E-state index in [4.69, 9.17) is 39.2 Å². The molecule has 1 saturated heterocycles. The zero-order valence-electron chi connectivity index (χ0n) is 67.6. The van der Waals surface area contributed by atoms with Gasteiger partial charge in [-0.15, -0.1) is 0 Å². The Morgan fingerprint density at radius 3 is 0.852 bits per heavy atom. The van der Waals surface area contributed by atoms with E-state index in [0.717, 1.165) is 93.4 Å². The van der Waals surface area contributed by atoms with Gasteiger partial charge in [-0.1, -0.05) is 344 Å². The SMILES string of the molecule is Brc1cccc(-c2cccc(-c3cccc(-c4nc(-c5ccccc5)nc(-c5ccc(-c6ccccc6)cc5)n4)c3)c2)c1.CC1(C)OB(c2ccc3c(ccc4ccncc43)c2)OC1(C)C.c1ccc(-c2ccc(-c3nc(-c4ccccc4)nc(-c4cccc(-c5cccc(-c6cccc(-c7ccc8c(ccc9ccncc98)c7)c6)c5)c4)n3)cc2)cc1. The standard InChI is InChI=1S/C52H34N4.C39H26BrN3.C19H20BNO2/c1-3-10-35(11-4-1)36-20-23-39(24-21-36)51-54-50(38-12-5-2-6-13-38)55-52(56-51)47-19-9-18-44(33-47)42-16-7-14-40(30-42)41-15-8-17-43(31-41)45-26-27-48-46(32-45)25-22-37-28-29-53-34-49(37)48;40-36-19-9-17-34(26-36)32-15-7-14-31(24-32)33-16-8-18-35(25-33)39-42-37(29-12-5-2-6-13-29)41-38(43-39)30-22-20-28(21-23-30)27-10-3-1-4-11-27;1-18(2)19(3,4)23-20(22-18)15-7-8-16-14(11-15)6-5-13-9-10-21-12-17(13)16/h1-34H;1-26H;5-12H,1-4H3. The largest absolute Gasteiger partial charge is 0.494 e. The minimum absolute atomic E-state index is 0.320. The molecule has 0 radical (unpaired) electrons. The Morgan fingerprint density at radius 1 is 0.213 bits per heavy atom. The molecule has 10 nitrogen and oxygen atoms in total. The van der Waals surface area contributed by atoms with E-state index in [0.29, 0.717) is 34.9 Å². The van der Waals surface area contributed by atoms with E-state index in [1.165, 1.54) is 70.9 Å². The van der Waals surface area contributed by atoms with Gasteiger partial charge in [-0.3, -0.25) is 9.97 Å². The summed E-state index contributed by atoms with van der Waals surface area (Å²) in [4.78, 5) is 38.5. The van der Waals surface area contributed by atoms with Crippen LogP contribution in [0, 0.1) is 0 Å². The number of pyridine rings is 2. The first kappa shape index (κ1) is 77.3. The molecule has 582 valence electrons. The summed E-state index contributed by atoms with van der Waals surface area (Å²) in [6.07, 6.45) is 7.55. The Morgan fingerprint density at radius 2 is 0.475 bits per heavy atom. The highest BCUT2D eigenvalue weighted by molar-refractivity contribution is 9.10. The molecule has 20 aromatic rings. The molecule has 1 fully saturated rings. The minimum atomic E-state index is -0.325. The molecule has 0 atom stereocenters. The zero-order valence-corrected chi connectivity index (χ0v) is 69.2. The summed E-state index contributed by atoms with van der Waals surface area (Å²) in [6.45, 7) is 8.31. The third-order valence-corrected chi connectivity index (χ3v) is 23.5. The van der Waals surface area contributed by atoms with E-state index in [2.05, 4.69) is 357 Å². The number of hydrogen-bond donors (Lipinski definition) is 0. The molecule has 16 aromatic carbocycles. The molecule has 12 heteroatoms. The summed E-state index contributed by atoms with van der Waals surface area (Å²) in [7, 11) is -0.325. The topological polar surface area (TPSA) is 122 Å². The van der Waals surface area contributed by atoms with E-state index < -0.39 is 0 Å². The molecule has 21 rings (SSSR count). The predicted molar refractivity (Wildman–Crippen MR) is 506 cm³/mol. The molecule has 0 spiro atoms. The Bertz CT molecular complexity index is 7210. The lowest BCUT2D eigenvalue weighted by Gasteiger charge is -2.32. The third kappa shape index (κ3) is 16.7. The van der Waals surface area contributed by atoms with E-state index in [1.54, 1.807) is 0 Å². The lowest BCUT2D eigenvalue weighted by Crippen LogP contribution is -2.41. The molecule has 0 N–H and O–H groups in total. The van der Waals surface area contributed by atoms with Crippen molar-refractivity contribution < 1.29 is 9.31 Å². The molecule has 0 saturated carbocycles. The number of fused-ring (bicyclic) bond motifs is 6. The van der Waals surface area contributed by atoms with Gasteiger partial charge in [0.1, 0.15) is 0 Å². The first-order valence-corrected chi connectivity index (χ1v) is 41.7. The van der Waals surface area contributed by atoms with Crippen LogP contribution in [0.2, 0.25) is 0 Å². The maximum atomic E-state index is 6.15. The fourth-order valence-corrected chi connectivity index (χ4v) is 16.1. The van der Waals surface area contributed by atoms with Crippen LogP contribution in [0.3, 0.4) is 0 Å². The van der Waals surface area contributed by atoms with Gasteiger partial charge >= 0.3 is 7.12 Å². The smallest absolute Gasteiger partial charge is 0.399 e. The molecule has 0 aliphatic carbocycles. The first-order valence-electron chi connectivity index (χ1n) is 40.9. The van der Waals surface area contributed by atoms with Gasteiger partial charge < -0.3 is 9.31 Å². The summed E-state index contributed by atoms with van der Waals surface area (Å²) < 4.78 is 13.4. The van der Waals surface area contributed by atoms with Crippen molar-refractivity contribution in [3.63, 3.8) is 0 Å². The van der Waals surface area contributed by atoms with Gasteiger partial charge in [-0.25, -0.2) is 29.9 Å². The number of rotatable bonds is 14. The van der Waals surface area contributed by atoms with Gasteiger partial charge in [0.05, 0.1) is 11.2 Å². The van der Waals surface area contributed by atoms with Gasteiger partial charge in [0.25, 0.3) is 0 Å². The summed E-state index contributed by atoms with van der Waals surface area (Å²) in [5, 5.41) is 9.56. The Balaban J connectivity index is 0.000000131. The molecule has 0 bridgehead atoms. The first-order chi connectivity index (χ1) is 59.8. The van der Waals surface area contributed by atoms with Crippen molar-refractivity contribution >= 4 is 71.6 Å². The fourth-order valence-electron chi connectivity index (χ4n) is 15.7. The van der Waals surface area contributed by atoms with Crippen molar-refractivity contribution in [2.24, 2.45) is 0 Å². The normalized spacial score (nSPS) is 12.7. The average molecular weight is 1640 g/mol. The highest BCUT2D eigenvalue weighted by Gasteiger charge is 2.51. The number of benzene rings is 16. The highest BCUT2D eigenvalue weighted by atomic mass is 79.9. The van der Waals surface area contributed by atoms with Crippen LogP contribution >= 0.6 is 15.9 Å². The second-order valence-corrected chi connectivity index (χ2v) is 32.4. The van der Waals surface area contributed by atoms with Gasteiger partial charge in [0.15, 0.2) is 34.9 Å². The average Bonchev–Trinajstić information content (AvgIpc) is 1.64. The van der Waals surface area contributed by atoms with Crippen LogP contribution in [-0.2, 0) is 9.31 Å². The van der Waals surface area contributed by atoms with Crippen LogP contribution in [0.1, 0.15) is 27.7 Å². The van der Waals surface area contributed by atoms with E-state index >= 15 is 0 Å². The molecule has 122 heavy (non-hydrogen) atoms. The van der Waals surface area contributed by atoms with Crippen LogP contribution in [-0.4, -0.2) is 58.2 Å². The van der Waals surface area contributed by atoms with Crippen molar-refractivity contribution in [1.82, 2.24) is 39.9 Å². The highest BCUT2D eigenvalue weighted by Crippen LogP contribution is 2.40. The number of aromatic nitrogens is 8. The Kier molecular flexibility index (Phi) is 21.5. The predicted octanol–water partition coefficient (Wildman–Crippen LogP) is 27.6. The van der Waals surface area contributed by atoms with Crippen molar-refractivity contribution in [2.45, 2.75) is 38.9 Å². The van der Waals surface area contributed by atoms with Gasteiger partial charge in [0.2, 0.25) is 0 Å². The Hall–Kier alpha value is -14.7. The summed E-state index contributed by atoms with van der Waals surface area (Å²) >= 11 is 3.60. The maximum Gasteiger partial charge on any atom is 0.494 e. The second-order valence-electron chi connectivity index (χ2n) is 31.5. The molecule has 1 aliphatic rings. The van der Waals surface area contributed by atoms with Crippen molar-refractivity contribution in [2.75, 3.05) is 0 Å². The van der Waals surface area contributed by atoms with Crippen LogP contribution in [0.15, 0.2) is 418 Å². The summed E-state index contributed by atoms with van der Waals surface area (Å²) in [6, 6.07) is 135. The fraction of sp³-hybridized carbons (Fsp3) is 0.0545. The summed E-state index contributed by atoms with van der Waals surface area (Å²) in [5.41, 5.74) is 22.2. The number of nitrogens with zero attached hydrogens (tertiary/aromatic N) is 8. The van der Waals surface area contributed by atoms with Crippen molar-refractivity contribution in [1.29, 1.82) is 0 Å². The lowest BCUT2D eigenvalue weighted by atomic mass is 9.78. The molecule has 5 heterocycles. The van der Waals surface area contributed by atoms with Crippen LogP contribution in [0.4, 0.5) is 0 Å². The molecule has 0 unspecified atom stereocenters. The minimum Gasteiger partial charge on any atom is -0.399 e. The lowest BCUT2D eigenvalue weighted by molar-refractivity contribution is 0.00578. The molecule has 1 aliphatic heterocycles. The van der Waals surface area contributed by atoms with Crippen LogP contribution < -0.4 is 5.46 Å². The summed E-state index contributed by atoms with van der Waals surface area (Å²) in [5.74, 6) is 3.84. The Labute approximate surface area is 718 Å². The van der Waals surface area contributed by atoms with Crippen molar-refractivity contribution in [3.05, 3.63) is 418 Å². The second kappa shape index (κ2) is 34.0. The van der Waals surface area contributed by atoms with Gasteiger partial charge in [0, 0.05) is 73.4 Å². The van der Waals surface area contributed by atoms with E-state index in [-0.39, 0.29) is 18.3 Å². The maximum absolute atomic E-state index is 6.15. The molecule has 0 amide bonds. The van der Waals surface area contributed by atoms with Crippen LogP contribution in [0.5, 0.6) is 0 Å². The van der Waals surface area contributed by atoms with Crippen LogP contribution in [0.25, 0.3) is 189 Å². The quantitative estimate of drug-likeness (QED) is 0.0768. The molecular weight excluding hydrogens is 1560 g/mol. The monoisotopic (exact) mass is 1630 g/mol. The zero-order chi connectivity index (χ0) is 82.5.